The fourth-order valence-electron chi connectivity index (χ4n) is 3.16. The zero-order chi connectivity index (χ0) is 17.1. The second kappa shape index (κ2) is 7.34. The summed E-state index contributed by atoms with van der Waals surface area (Å²) < 4.78 is 0. The second-order valence-corrected chi connectivity index (χ2v) is 8.01. The van der Waals surface area contributed by atoms with E-state index in [-0.39, 0.29) is 6.03 Å². The molecule has 1 fully saturated rings. The molecule has 2 amide bonds. The number of piperidine rings is 1. The van der Waals surface area contributed by atoms with Crippen molar-refractivity contribution in [2.75, 3.05) is 18.4 Å². The molecular weight excluding hydrogens is 322 g/mol. The van der Waals surface area contributed by atoms with Crippen LogP contribution >= 0.6 is 11.3 Å². The first-order chi connectivity index (χ1) is 11.5. The van der Waals surface area contributed by atoms with Gasteiger partial charge in [-0.3, -0.25) is 10.4 Å². The molecule has 0 aromatic carbocycles. The number of carbonyl (C=O) groups is 1. The molecule has 1 aliphatic heterocycles. The van der Waals surface area contributed by atoms with Crippen molar-refractivity contribution in [2.24, 2.45) is 5.92 Å². The van der Waals surface area contributed by atoms with Gasteiger partial charge in [0, 0.05) is 30.9 Å². The van der Waals surface area contributed by atoms with E-state index < -0.39 is 0 Å². The highest BCUT2D eigenvalue weighted by molar-refractivity contribution is 7.16. The summed E-state index contributed by atoms with van der Waals surface area (Å²) in [6.07, 6.45) is 4.62. The Morgan fingerprint density at radius 1 is 1.46 bits per heavy atom. The second-order valence-electron chi connectivity index (χ2n) is 6.81. The molecule has 1 saturated heterocycles. The lowest BCUT2D eigenvalue weighted by molar-refractivity contribution is 0.194. The number of amides is 2. The number of rotatable bonds is 4. The number of aromatic nitrogens is 3. The van der Waals surface area contributed by atoms with Gasteiger partial charge in [0.15, 0.2) is 0 Å². The number of thiazole rings is 1. The van der Waals surface area contributed by atoms with Gasteiger partial charge < -0.3 is 4.90 Å². The molecule has 0 saturated carbocycles. The lowest BCUT2D eigenvalue weighted by Crippen LogP contribution is -2.40. The van der Waals surface area contributed by atoms with E-state index in [1.807, 2.05) is 17.9 Å². The number of nitrogens with one attached hydrogen (secondary N) is 2. The lowest BCUT2D eigenvalue weighted by atomic mass is 9.94. The summed E-state index contributed by atoms with van der Waals surface area (Å²) in [5, 5.41) is 12.0. The molecule has 0 radical (unpaired) electrons. The highest BCUT2D eigenvalue weighted by Gasteiger charge is 2.25. The maximum absolute atomic E-state index is 12.6. The Hall–Kier alpha value is -1.89. The summed E-state index contributed by atoms with van der Waals surface area (Å²) in [6, 6.07) is 2.02. The first-order valence-electron chi connectivity index (χ1n) is 8.54. The molecule has 0 aliphatic carbocycles. The molecular formula is C17H25N5OS. The topological polar surface area (TPSA) is 73.9 Å². The van der Waals surface area contributed by atoms with Gasteiger partial charge in [0.25, 0.3) is 0 Å². The molecule has 7 heteroatoms. The maximum atomic E-state index is 12.6. The van der Waals surface area contributed by atoms with E-state index in [1.54, 1.807) is 17.5 Å². The molecule has 0 atom stereocenters. The third-order valence-electron chi connectivity index (χ3n) is 4.37. The van der Waals surface area contributed by atoms with Gasteiger partial charge >= 0.3 is 6.03 Å². The average Bonchev–Trinajstić information content (AvgIpc) is 3.17. The number of nitrogens with zero attached hydrogens (tertiary/aromatic N) is 3. The highest BCUT2D eigenvalue weighted by atomic mass is 32.1. The Labute approximate surface area is 146 Å². The number of anilines is 1. The SMILES string of the molecule is Cc1nc(CC(C)C)c(NC(=O)N2CCC(c3ccn[nH]3)CC2)s1. The number of aromatic amines is 1. The summed E-state index contributed by atoms with van der Waals surface area (Å²) in [6.45, 7) is 7.86. The number of likely N-dealkylation sites (tertiary alicyclic amines) is 1. The molecule has 3 heterocycles. The lowest BCUT2D eigenvalue weighted by Gasteiger charge is -2.31. The van der Waals surface area contributed by atoms with Gasteiger partial charge in [-0.25, -0.2) is 9.78 Å². The minimum Gasteiger partial charge on any atom is -0.324 e. The van der Waals surface area contributed by atoms with Crippen molar-refractivity contribution >= 4 is 22.4 Å². The fourth-order valence-corrected chi connectivity index (χ4v) is 3.99. The van der Waals surface area contributed by atoms with Crippen LogP contribution in [0.4, 0.5) is 9.80 Å². The van der Waals surface area contributed by atoms with E-state index in [4.69, 9.17) is 0 Å². The zero-order valence-corrected chi connectivity index (χ0v) is 15.3. The summed E-state index contributed by atoms with van der Waals surface area (Å²) >= 11 is 1.56. The van der Waals surface area contributed by atoms with Crippen LogP contribution in [0.2, 0.25) is 0 Å². The highest BCUT2D eigenvalue weighted by Crippen LogP contribution is 2.29. The summed E-state index contributed by atoms with van der Waals surface area (Å²) in [5.41, 5.74) is 2.18. The predicted molar refractivity (Wildman–Crippen MR) is 96.5 cm³/mol. The van der Waals surface area contributed by atoms with Crippen molar-refractivity contribution in [3.05, 3.63) is 28.7 Å². The van der Waals surface area contributed by atoms with Crippen LogP contribution in [-0.4, -0.2) is 39.2 Å². The third-order valence-corrected chi connectivity index (χ3v) is 5.30. The number of urea groups is 1. The molecule has 2 aromatic rings. The number of H-pyrrole nitrogens is 1. The Balaban J connectivity index is 1.58. The molecule has 130 valence electrons. The molecule has 6 nitrogen and oxygen atoms in total. The Morgan fingerprint density at radius 2 is 2.21 bits per heavy atom. The number of hydrogen-bond donors (Lipinski definition) is 2. The van der Waals surface area contributed by atoms with Gasteiger partial charge in [-0.2, -0.15) is 5.10 Å². The van der Waals surface area contributed by atoms with E-state index in [0.717, 1.165) is 48.1 Å². The summed E-state index contributed by atoms with van der Waals surface area (Å²) in [7, 11) is 0. The van der Waals surface area contributed by atoms with Gasteiger partial charge in [-0.1, -0.05) is 13.8 Å². The van der Waals surface area contributed by atoms with Crippen molar-refractivity contribution in [3.8, 4) is 0 Å². The standard InChI is InChI=1S/C17H25N5OS/c1-11(2)10-15-16(24-12(3)19-15)20-17(23)22-8-5-13(6-9-22)14-4-7-18-21-14/h4,7,11,13H,5-6,8-10H2,1-3H3,(H,18,21)(H,20,23). The van der Waals surface area contributed by atoms with Crippen LogP contribution in [0.5, 0.6) is 0 Å². The average molecular weight is 347 g/mol. The fraction of sp³-hybridized carbons (Fsp3) is 0.588. The van der Waals surface area contributed by atoms with E-state index in [2.05, 4.69) is 34.3 Å². The molecule has 2 N–H and O–H groups in total. The molecule has 24 heavy (non-hydrogen) atoms. The maximum Gasteiger partial charge on any atom is 0.322 e. The normalized spacial score (nSPS) is 15.9. The van der Waals surface area contributed by atoms with Crippen LogP contribution in [0.3, 0.4) is 0 Å². The van der Waals surface area contributed by atoms with Gasteiger partial charge in [0.1, 0.15) is 5.00 Å². The van der Waals surface area contributed by atoms with E-state index in [1.165, 1.54) is 5.69 Å². The first-order valence-corrected chi connectivity index (χ1v) is 9.36. The van der Waals surface area contributed by atoms with Gasteiger partial charge in [-0.05, 0) is 38.2 Å². The number of hydrogen-bond acceptors (Lipinski definition) is 4. The number of carbonyl (C=O) groups excluding carboxylic acids is 1. The van der Waals surface area contributed by atoms with Crippen LogP contribution < -0.4 is 5.32 Å². The van der Waals surface area contributed by atoms with Crippen LogP contribution in [0.25, 0.3) is 0 Å². The largest absolute Gasteiger partial charge is 0.324 e. The minimum absolute atomic E-state index is 0.00767. The molecule has 2 aromatic heterocycles. The molecule has 1 aliphatic rings. The van der Waals surface area contributed by atoms with E-state index in [0.29, 0.717) is 11.8 Å². The van der Waals surface area contributed by atoms with Crippen molar-refractivity contribution in [1.29, 1.82) is 0 Å². The van der Waals surface area contributed by atoms with E-state index in [9.17, 15) is 4.79 Å². The number of aryl methyl sites for hydroxylation is 1. The van der Waals surface area contributed by atoms with E-state index >= 15 is 0 Å². The zero-order valence-electron chi connectivity index (χ0n) is 14.5. The molecule has 0 spiro atoms. The van der Waals surface area contributed by atoms with Crippen LogP contribution in [0.15, 0.2) is 12.3 Å². The van der Waals surface area contributed by atoms with Crippen LogP contribution in [0, 0.1) is 12.8 Å². The monoisotopic (exact) mass is 347 g/mol. The Morgan fingerprint density at radius 3 is 2.83 bits per heavy atom. The van der Waals surface area contributed by atoms with Crippen LogP contribution in [-0.2, 0) is 6.42 Å². The van der Waals surface area contributed by atoms with Crippen molar-refractivity contribution in [2.45, 2.75) is 46.0 Å². The molecule has 0 unspecified atom stereocenters. The first kappa shape index (κ1) is 17.0. The van der Waals surface area contributed by atoms with Crippen molar-refractivity contribution < 1.29 is 4.79 Å². The van der Waals surface area contributed by atoms with Crippen LogP contribution in [0.1, 0.15) is 49.0 Å². The Bertz CT molecular complexity index is 671. The van der Waals surface area contributed by atoms with Crippen molar-refractivity contribution in [3.63, 3.8) is 0 Å². The molecule has 3 rings (SSSR count). The van der Waals surface area contributed by atoms with Gasteiger partial charge in [0.2, 0.25) is 0 Å². The van der Waals surface area contributed by atoms with Gasteiger partial charge in [0.05, 0.1) is 10.7 Å². The minimum atomic E-state index is -0.00767. The predicted octanol–water partition coefficient (Wildman–Crippen LogP) is 3.78. The third kappa shape index (κ3) is 3.95. The quantitative estimate of drug-likeness (QED) is 0.884. The van der Waals surface area contributed by atoms with Crippen molar-refractivity contribution in [1.82, 2.24) is 20.1 Å². The Kier molecular flexibility index (Phi) is 5.18. The smallest absolute Gasteiger partial charge is 0.322 e. The molecule has 0 bridgehead atoms. The summed E-state index contributed by atoms with van der Waals surface area (Å²) in [4.78, 5) is 19.1. The summed E-state index contributed by atoms with van der Waals surface area (Å²) in [5.74, 6) is 0.992. The van der Waals surface area contributed by atoms with Gasteiger partial charge in [-0.15, -0.1) is 11.3 Å².